The average Bonchev–Trinajstić information content (AvgIpc) is 2.98. The predicted molar refractivity (Wildman–Crippen MR) is 106 cm³/mol. The van der Waals surface area contributed by atoms with E-state index in [1.807, 2.05) is 55.5 Å². The summed E-state index contributed by atoms with van der Waals surface area (Å²) in [6.45, 7) is 2.38. The number of ether oxygens (including phenoxy) is 1. The summed E-state index contributed by atoms with van der Waals surface area (Å²) in [4.78, 5) is 29.2. The Morgan fingerprint density at radius 2 is 1.21 bits per heavy atom. The molecular weight excluding hydrogens is 352 g/mol. The van der Waals surface area contributed by atoms with Crippen LogP contribution in [0.5, 0.6) is 11.5 Å². The topological polar surface area (TPSA) is 49.9 Å². The number of amides is 2. The molecule has 5 nitrogen and oxygen atoms in total. The van der Waals surface area contributed by atoms with Gasteiger partial charge in [0.2, 0.25) is 0 Å². The number of fused-ring (bicyclic) bond motifs is 3. The maximum atomic E-state index is 12.8. The minimum Gasteiger partial charge on any atom is -0.453 e. The van der Waals surface area contributed by atoms with E-state index in [-0.39, 0.29) is 17.9 Å². The van der Waals surface area contributed by atoms with Crippen LogP contribution in [0.25, 0.3) is 0 Å². The standard InChI is InChI=1S/C23H18N2O3/c1-15(25-22(26)16-8-2-3-9-17(16)23(25)27)14-24-18-10-4-6-12-20(18)28-21-13-7-5-11-19(21)24/h2-13,15H,14H2,1H3. The molecule has 3 aromatic carbocycles. The van der Waals surface area contributed by atoms with Crippen molar-refractivity contribution in [2.24, 2.45) is 0 Å². The predicted octanol–water partition coefficient (Wildman–Crippen LogP) is 4.62. The van der Waals surface area contributed by atoms with Gasteiger partial charge in [0.1, 0.15) is 0 Å². The minimum absolute atomic E-state index is 0.233. The molecule has 5 rings (SSSR count). The number of para-hydroxylation sites is 4. The molecule has 1 unspecified atom stereocenters. The molecule has 0 radical (unpaired) electrons. The lowest BCUT2D eigenvalue weighted by Gasteiger charge is -2.36. The third-order valence-corrected chi connectivity index (χ3v) is 5.25. The summed E-state index contributed by atoms with van der Waals surface area (Å²) in [7, 11) is 0. The molecule has 1 atom stereocenters. The molecule has 2 aliphatic heterocycles. The summed E-state index contributed by atoms with van der Waals surface area (Å²) in [6.07, 6.45) is 0. The van der Waals surface area contributed by atoms with Gasteiger partial charge in [-0.25, -0.2) is 0 Å². The van der Waals surface area contributed by atoms with Gasteiger partial charge < -0.3 is 9.64 Å². The third-order valence-electron chi connectivity index (χ3n) is 5.25. The van der Waals surface area contributed by atoms with E-state index in [0.717, 1.165) is 22.9 Å². The fourth-order valence-corrected chi connectivity index (χ4v) is 3.93. The summed E-state index contributed by atoms with van der Waals surface area (Å²) in [5, 5.41) is 0. The molecule has 2 aliphatic rings. The highest BCUT2D eigenvalue weighted by molar-refractivity contribution is 6.21. The molecule has 2 heterocycles. The highest BCUT2D eigenvalue weighted by Gasteiger charge is 2.39. The second kappa shape index (κ2) is 6.23. The molecule has 0 saturated heterocycles. The highest BCUT2D eigenvalue weighted by Crippen LogP contribution is 2.46. The summed E-state index contributed by atoms with van der Waals surface area (Å²) in [6, 6.07) is 22.3. The maximum Gasteiger partial charge on any atom is 0.261 e. The number of nitrogens with zero attached hydrogens (tertiary/aromatic N) is 2. The monoisotopic (exact) mass is 370 g/mol. The zero-order valence-electron chi connectivity index (χ0n) is 15.3. The number of rotatable bonds is 3. The normalized spacial score (nSPS) is 15.6. The molecule has 0 bridgehead atoms. The summed E-state index contributed by atoms with van der Waals surface area (Å²) in [5.41, 5.74) is 2.79. The third kappa shape index (κ3) is 2.40. The van der Waals surface area contributed by atoms with Gasteiger partial charge in [-0.2, -0.15) is 0 Å². The molecule has 0 saturated carbocycles. The Kier molecular flexibility index (Phi) is 3.69. The lowest BCUT2D eigenvalue weighted by molar-refractivity contribution is 0.0602. The molecule has 0 aliphatic carbocycles. The average molecular weight is 370 g/mol. The van der Waals surface area contributed by atoms with Crippen LogP contribution in [0.1, 0.15) is 27.6 Å². The number of carbonyl (C=O) groups excluding carboxylic acids is 2. The molecule has 0 N–H and O–H groups in total. The lowest BCUT2D eigenvalue weighted by atomic mass is 10.1. The minimum atomic E-state index is -0.313. The quantitative estimate of drug-likeness (QED) is 0.632. The SMILES string of the molecule is CC(CN1c2ccccc2Oc2ccccc21)N1C(=O)c2ccccc2C1=O. The van der Waals surface area contributed by atoms with Crippen molar-refractivity contribution in [3.8, 4) is 11.5 Å². The van der Waals surface area contributed by atoms with Crippen LogP contribution in [0.2, 0.25) is 0 Å². The Morgan fingerprint density at radius 1 is 0.750 bits per heavy atom. The molecule has 5 heteroatoms. The van der Waals surface area contributed by atoms with E-state index in [1.165, 1.54) is 4.90 Å². The molecule has 138 valence electrons. The Morgan fingerprint density at radius 3 is 1.75 bits per heavy atom. The van der Waals surface area contributed by atoms with E-state index in [1.54, 1.807) is 24.3 Å². The highest BCUT2D eigenvalue weighted by atomic mass is 16.5. The van der Waals surface area contributed by atoms with Crippen LogP contribution in [0.15, 0.2) is 72.8 Å². The van der Waals surface area contributed by atoms with Crippen LogP contribution in [0, 0.1) is 0 Å². The zero-order valence-corrected chi connectivity index (χ0v) is 15.3. The van der Waals surface area contributed by atoms with Crippen molar-refractivity contribution in [3.63, 3.8) is 0 Å². The van der Waals surface area contributed by atoms with Gasteiger partial charge in [0, 0.05) is 6.54 Å². The van der Waals surface area contributed by atoms with Gasteiger partial charge >= 0.3 is 0 Å². The molecular formula is C23H18N2O3. The van der Waals surface area contributed by atoms with Crippen LogP contribution in [-0.2, 0) is 0 Å². The van der Waals surface area contributed by atoms with Crippen molar-refractivity contribution in [1.82, 2.24) is 4.90 Å². The number of benzene rings is 3. The van der Waals surface area contributed by atoms with Crippen LogP contribution >= 0.6 is 0 Å². The number of carbonyl (C=O) groups is 2. The lowest BCUT2D eigenvalue weighted by Crippen LogP contribution is -2.44. The number of anilines is 2. The van der Waals surface area contributed by atoms with Crippen molar-refractivity contribution in [1.29, 1.82) is 0 Å². The van der Waals surface area contributed by atoms with E-state index >= 15 is 0 Å². The van der Waals surface area contributed by atoms with Gasteiger partial charge in [-0.1, -0.05) is 36.4 Å². The number of hydrogen-bond donors (Lipinski definition) is 0. The number of imide groups is 1. The first-order valence-corrected chi connectivity index (χ1v) is 9.25. The van der Waals surface area contributed by atoms with Gasteiger partial charge in [0.05, 0.1) is 28.5 Å². The summed E-state index contributed by atoms with van der Waals surface area (Å²) in [5.74, 6) is 1.05. The maximum absolute atomic E-state index is 12.8. The Hall–Kier alpha value is -3.60. The van der Waals surface area contributed by atoms with Crippen LogP contribution in [0.3, 0.4) is 0 Å². The van der Waals surface area contributed by atoms with Crippen molar-refractivity contribution < 1.29 is 14.3 Å². The van der Waals surface area contributed by atoms with Crippen LogP contribution in [0.4, 0.5) is 11.4 Å². The van der Waals surface area contributed by atoms with Gasteiger partial charge in [0.15, 0.2) is 11.5 Å². The number of hydrogen-bond acceptors (Lipinski definition) is 4. The van der Waals surface area contributed by atoms with E-state index < -0.39 is 0 Å². The van der Waals surface area contributed by atoms with Gasteiger partial charge in [0.25, 0.3) is 11.8 Å². The Bertz CT molecular complexity index is 1030. The van der Waals surface area contributed by atoms with Crippen molar-refractivity contribution in [3.05, 3.63) is 83.9 Å². The Balaban J connectivity index is 1.50. The Labute approximate surface area is 162 Å². The van der Waals surface area contributed by atoms with E-state index in [0.29, 0.717) is 17.7 Å². The summed E-state index contributed by atoms with van der Waals surface area (Å²) < 4.78 is 6.02. The first kappa shape index (κ1) is 16.6. The molecule has 0 aromatic heterocycles. The second-order valence-corrected chi connectivity index (χ2v) is 7.02. The fourth-order valence-electron chi connectivity index (χ4n) is 3.93. The molecule has 0 fully saturated rings. The van der Waals surface area contributed by atoms with Crippen LogP contribution < -0.4 is 9.64 Å². The zero-order chi connectivity index (χ0) is 19.3. The fraction of sp³-hybridized carbons (Fsp3) is 0.130. The molecule has 28 heavy (non-hydrogen) atoms. The molecule has 2 amide bonds. The first-order chi connectivity index (χ1) is 13.6. The second-order valence-electron chi connectivity index (χ2n) is 7.02. The van der Waals surface area contributed by atoms with Gasteiger partial charge in [-0.05, 0) is 43.3 Å². The van der Waals surface area contributed by atoms with Crippen LogP contribution in [-0.4, -0.2) is 29.3 Å². The first-order valence-electron chi connectivity index (χ1n) is 9.25. The van der Waals surface area contributed by atoms with Crippen molar-refractivity contribution >= 4 is 23.2 Å². The van der Waals surface area contributed by atoms with Crippen molar-refractivity contribution in [2.75, 3.05) is 11.4 Å². The van der Waals surface area contributed by atoms with Gasteiger partial charge in [-0.3, -0.25) is 14.5 Å². The molecule has 0 spiro atoms. The van der Waals surface area contributed by atoms with Crippen molar-refractivity contribution in [2.45, 2.75) is 13.0 Å². The summed E-state index contributed by atoms with van der Waals surface area (Å²) >= 11 is 0. The molecule has 3 aromatic rings. The van der Waals surface area contributed by atoms with E-state index in [4.69, 9.17) is 4.74 Å². The van der Waals surface area contributed by atoms with E-state index in [9.17, 15) is 9.59 Å². The largest absolute Gasteiger partial charge is 0.453 e. The van der Waals surface area contributed by atoms with E-state index in [2.05, 4.69) is 4.90 Å². The smallest absolute Gasteiger partial charge is 0.261 e. The van der Waals surface area contributed by atoms with Gasteiger partial charge in [-0.15, -0.1) is 0 Å².